The molecule has 3 N–H and O–H groups in total. The molecule has 0 aromatic heterocycles. The van der Waals surface area contributed by atoms with E-state index in [9.17, 15) is 13.2 Å². The average Bonchev–Trinajstić information content (AvgIpc) is 2.61. The van der Waals surface area contributed by atoms with Crippen LogP contribution in [0.4, 0.5) is 0 Å². The van der Waals surface area contributed by atoms with Gasteiger partial charge >= 0.3 is 0 Å². The number of nitrogens with two attached hydrogens (primary N) is 1. The summed E-state index contributed by atoms with van der Waals surface area (Å²) in [6, 6.07) is 6.30. The molecule has 1 aliphatic rings. The van der Waals surface area contributed by atoms with Gasteiger partial charge in [-0.2, -0.15) is 4.31 Å². The summed E-state index contributed by atoms with van der Waals surface area (Å²) in [5.74, 6) is -0.280. The third kappa shape index (κ3) is 5.94. The van der Waals surface area contributed by atoms with Crippen LogP contribution in [-0.2, 0) is 10.0 Å². The standard InChI is InChI=1S/C18H29N3O3S.ClH/c1-14(19)11-12-20-18(22)15-7-6-10-17(13-15)25(23,24)21(2)16-8-4-3-5-9-16;/h6-7,10,13-14,16H,3-5,8-9,11-12,19H2,1-2H3,(H,20,22);1H. The molecular weight excluding hydrogens is 374 g/mol. The SMILES string of the molecule is CC(N)CCNC(=O)c1cccc(S(=O)(=O)N(C)C2CCCCC2)c1.Cl. The second kappa shape index (κ2) is 10.3. The Bertz CT molecular complexity index is 689. The molecule has 1 amide bonds. The highest BCUT2D eigenvalue weighted by Gasteiger charge is 2.29. The number of nitrogens with one attached hydrogen (secondary N) is 1. The van der Waals surface area contributed by atoms with Crippen molar-refractivity contribution in [2.75, 3.05) is 13.6 Å². The Labute approximate surface area is 163 Å². The highest BCUT2D eigenvalue weighted by atomic mass is 35.5. The van der Waals surface area contributed by atoms with Crippen LogP contribution in [0.3, 0.4) is 0 Å². The quantitative estimate of drug-likeness (QED) is 0.731. The topological polar surface area (TPSA) is 92.5 Å². The van der Waals surface area contributed by atoms with Gasteiger partial charge in [-0.25, -0.2) is 8.42 Å². The van der Waals surface area contributed by atoms with Gasteiger partial charge in [0.2, 0.25) is 10.0 Å². The van der Waals surface area contributed by atoms with Crippen molar-refractivity contribution in [3.63, 3.8) is 0 Å². The molecule has 0 heterocycles. The lowest BCUT2D eigenvalue weighted by atomic mass is 9.96. The summed E-state index contributed by atoms with van der Waals surface area (Å²) >= 11 is 0. The van der Waals surface area contributed by atoms with E-state index in [4.69, 9.17) is 5.73 Å². The maximum absolute atomic E-state index is 12.9. The first-order valence-corrected chi connectivity index (χ1v) is 10.4. The number of carbonyl (C=O) groups is 1. The maximum Gasteiger partial charge on any atom is 0.251 e. The van der Waals surface area contributed by atoms with Gasteiger partial charge in [-0.15, -0.1) is 12.4 Å². The van der Waals surface area contributed by atoms with Crippen LogP contribution in [0.15, 0.2) is 29.2 Å². The minimum atomic E-state index is -3.60. The molecule has 1 fully saturated rings. The molecule has 1 saturated carbocycles. The summed E-state index contributed by atoms with van der Waals surface area (Å²) < 4.78 is 27.2. The molecule has 2 rings (SSSR count). The molecule has 1 unspecified atom stereocenters. The largest absolute Gasteiger partial charge is 0.352 e. The number of rotatable bonds is 7. The first kappa shape index (κ1) is 22.9. The third-order valence-electron chi connectivity index (χ3n) is 4.75. The Kier molecular flexibility index (Phi) is 9.03. The Morgan fingerprint density at radius 3 is 2.58 bits per heavy atom. The van der Waals surface area contributed by atoms with Crippen LogP contribution in [0, 0.1) is 0 Å². The lowest BCUT2D eigenvalue weighted by Gasteiger charge is -2.30. The summed E-state index contributed by atoms with van der Waals surface area (Å²) in [4.78, 5) is 12.4. The molecule has 0 radical (unpaired) electrons. The minimum Gasteiger partial charge on any atom is -0.352 e. The van der Waals surface area contributed by atoms with Gasteiger partial charge in [0.05, 0.1) is 4.90 Å². The minimum absolute atomic E-state index is 0. The molecular formula is C18H30ClN3O3S. The summed E-state index contributed by atoms with van der Waals surface area (Å²) in [6.45, 7) is 2.34. The summed E-state index contributed by atoms with van der Waals surface area (Å²) in [5, 5.41) is 2.77. The summed E-state index contributed by atoms with van der Waals surface area (Å²) in [7, 11) is -1.96. The van der Waals surface area contributed by atoms with E-state index in [-0.39, 0.29) is 35.3 Å². The zero-order valence-corrected chi connectivity index (χ0v) is 17.1. The van der Waals surface area contributed by atoms with Crippen LogP contribution in [-0.4, -0.2) is 44.3 Å². The number of benzene rings is 1. The number of nitrogens with zero attached hydrogens (tertiary/aromatic N) is 1. The van der Waals surface area contributed by atoms with Crippen molar-refractivity contribution in [2.45, 2.75) is 62.4 Å². The van der Waals surface area contributed by atoms with Gasteiger partial charge in [-0.05, 0) is 44.4 Å². The van der Waals surface area contributed by atoms with Crippen LogP contribution in [0.5, 0.6) is 0 Å². The molecule has 0 saturated heterocycles. The normalized spacial score (nSPS) is 16.8. The number of hydrogen-bond donors (Lipinski definition) is 2. The smallest absolute Gasteiger partial charge is 0.251 e. The van der Waals surface area contributed by atoms with Gasteiger partial charge in [-0.1, -0.05) is 25.3 Å². The van der Waals surface area contributed by atoms with Gasteiger partial charge < -0.3 is 11.1 Å². The first-order valence-electron chi connectivity index (χ1n) is 8.94. The van der Waals surface area contributed by atoms with E-state index < -0.39 is 10.0 Å². The maximum atomic E-state index is 12.9. The fraction of sp³-hybridized carbons (Fsp3) is 0.611. The van der Waals surface area contributed by atoms with Crippen molar-refractivity contribution in [3.05, 3.63) is 29.8 Å². The fourth-order valence-electron chi connectivity index (χ4n) is 3.12. The molecule has 0 aliphatic heterocycles. The van der Waals surface area contributed by atoms with Crippen LogP contribution in [0.1, 0.15) is 55.8 Å². The monoisotopic (exact) mass is 403 g/mol. The average molecular weight is 404 g/mol. The number of amides is 1. The number of halogens is 1. The van der Waals surface area contributed by atoms with Crippen LogP contribution in [0.25, 0.3) is 0 Å². The van der Waals surface area contributed by atoms with Gasteiger partial charge in [0.15, 0.2) is 0 Å². The highest BCUT2D eigenvalue weighted by molar-refractivity contribution is 7.89. The number of sulfonamides is 1. The Morgan fingerprint density at radius 1 is 1.31 bits per heavy atom. The predicted octanol–water partition coefficient (Wildman–Crippen LogP) is 2.53. The Hall–Kier alpha value is -1.15. The van der Waals surface area contributed by atoms with Crippen LogP contribution >= 0.6 is 12.4 Å². The van der Waals surface area contributed by atoms with Crippen molar-refractivity contribution in [3.8, 4) is 0 Å². The van der Waals surface area contributed by atoms with E-state index in [1.54, 1.807) is 25.2 Å². The van der Waals surface area contributed by atoms with Gasteiger partial charge in [0, 0.05) is 31.2 Å². The summed E-state index contributed by atoms with van der Waals surface area (Å²) in [6.07, 6.45) is 5.76. The van der Waals surface area contributed by atoms with Crippen LogP contribution in [0.2, 0.25) is 0 Å². The Balaban J connectivity index is 0.00000338. The lowest BCUT2D eigenvalue weighted by Crippen LogP contribution is -2.38. The molecule has 1 aromatic rings. The van der Waals surface area contributed by atoms with Gasteiger partial charge in [0.1, 0.15) is 0 Å². The van der Waals surface area contributed by atoms with Gasteiger partial charge in [0.25, 0.3) is 5.91 Å². The molecule has 0 spiro atoms. The Morgan fingerprint density at radius 2 is 1.96 bits per heavy atom. The van der Waals surface area contributed by atoms with Crippen molar-refractivity contribution in [1.82, 2.24) is 9.62 Å². The second-order valence-corrected chi connectivity index (χ2v) is 8.86. The zero-order chi connectivity index (χ0) is 18.4. The van der Waals surface area contributed by atoms with E-state index in [0.29, 0.717) is 18.5 Å². The molecule has 0 bridgehead atoms. The molecule has 26 heavy (non-hydrogen) atoms. The number of hydrogen-bond acceptors (Lipinski definition) is 4. The highest BCUT2D eigenvalue weighted by Crippen LogP contribution is 2.26. The first-order chi connectivity index (χ1) is 11.8. The van der Waals surface area contributed by atoms with Crippen molar-refractivity contribution < 1.29 is 13.2 Å². The van der Waals surface area contributed by atoms with Crippen LogP contribution < -0.4 is 11.1 Å². The molecule has 8 heteroatoms. The van der Waals surface area contributed by atoms with Crippen molar-refractivity contribution in [1.29, 1.82) is 0 Å². The second-order valence-electron chi connectivity index (χ2n) is 6.86. The zero-order valence-electron chi connectivity index (χ0n) is 15.5. The fourth-order valence-corrected chi connectivity index (χ4v) is 4.58. The molecule has 1 aromatic carbocycles. The van der Waals surface area contributed by atoms with E-state index in [1.807, 2.05) is 6.92 Å². The van der Waals surface area contributed by atoms with Crippen molar-refractivity contribution >= 4 is 28.3 Å². The van der Waals surface area contributed by atoms with E-state index in [2.05, 4.69) is 5.32 Å². The van der Waals surface area contributed by atoms with Gasteiger partial charge in [-0.3, -0.25) is 4.79 Å². The van der Waals surface area contributed by atoms with E-state index in [1.165, 1.54) is 16.8 Å². The number of carbonyl (C=O) groups excluding carboxylic acids is 1. The third-order valence-corrected chi connectivity index (χ3v) is 6.65. The molecule has 1 aliphatic carbocycles. The predicted molar refractivity (Wildman–Crippen MR) is 106 cm³/mol. The molecule has 1 atom stereocenters. The molecule has 148 valence electrons. The van der Waals surface area contributed by atoms with Crippen molar-refractivity contribution in [2.24, 2.45) is 5.73 Å². The van der Waals surface area contributed by atoms with E-state index in [0.717, 1.165) is 25.7 Å². The lowest BCUT2D eigenvalue weighted by molar-refractivity contribution is 0.0952. The molecule has 6 nitrogen and oxygen atoms in total. The summed E-state index contributed by atoms with van der Waals surface area (Å²) in [5.41, 5.74) is 6.02. The van der Waals surface area contributed by atoms with E-state index >= 15 is 0 Å².